The lowest BCUT2D eigenvalue weighted by molar-refractivity contribution is -0.274. The lowest BCUT2D eigenvalue weighted by atomic mass is 10.0. The molecule has 2 rings (SSSR count). The van der Waals surface area contributed by atoms with E-state index in [0.717, 1.165) is 24.4 Å². The molecule has 1 aliphatic heterocycles. The molecule has 1 fully saturated rings. The van der Waals surface area contributed by atoms with Crippen LogP contribution in [-0.2, 0) is 20.7 Å². The number of aliphatic hydroxyl groups is 1. The van der Waals surface area contributed by atoms with Crippen LogP contribution in [0.5, 0.6) is 0 Å². The molecular formula is C19H26F4N2O4. The Hall–Kier alpha value is -1.91. The van der Waals surface area contributed by atoms with Gasteiger partial charge < -0.3 is 24.8 Å². The maximum atomic E-state index is 13.7. The summed E-state index contributed by atoms with van der Waals surface area (Å²) < 4.78 is 63.2. The Morgan fingerprint density at radius 1 is 1.34 bits per heavy atom. The van der Waals surface area contributed by atoms with E-state index in [2.05, 4.69) is 4.90 Å². The fourth-order valence-corrected chi connectivity index (χ4v) is 2.67. The lowest BCUT2D eigenvalue weighted by Crippen LogP contribution is -2.50. The van der Waals surface area contributed by atoms with Crippen molar-refractivity contribution in [2.75, 3.05) is 44.9 Å². The molecule has 1 aromatic carbocycles. The molecule has 0 bridgehead atoms. The van der Waals surface area contributed by atoms with Crippen molar-refractivity contribution in [2.45, 2.75) is 31.5 Å². The Kier molecular flexibility index (Phi) is 7.84. The third-order valence-electron chi connectivity index (χ3n) is 4.76. The van der Waals surface area contributed by atoms with Crippen LogP contribution >= 0.6 is 0 Å². The predicted octanol–water partition coefficient (Wildman–Crippen LogP) is 2.05. The largest absolute Gasteiger partial charge is 0.383 e. The normalized spacial score (nSPS) is 17.7. The Balaban J connectivity index is 1.87. The number of epoxide rings is 1. The van der Waals surface area contributed by atoms with Gasteiger partial charge >= 0.3 is 12.0 Å². The molecule has 2 N–H and O–H groups in total. The fourth-order valence-electron chi connectivity index (χ4n) is 2.67. The molecule has 1 aromatic rings. The van der Waals surface area contributed by atoms with Crippen molar-refractivity contribution < 1.29 is 36.9 Å². The van der Waals surface area contributed by atoms with Crippen LogP contribution in [0, 0.1) is 5.92 Å². The van der Waals surface area contributed by atoms with Crippen molar-refractivity contribution >= 4 is 11.6 Å². The molecule has 0 saturated carbocycles. The summed E-state index contributed by atoms with van der Waals surface area (Å²) in [5.41, 5.74) is 1.74. The van der Waals surface area contributed by atoms with E-state index in [-0.39, 0.29) is 19.1 Å². The van der Waals surface area contributed by atoms with Crippen LogP contribution in [-0.4, -0.2) is 69.1 Å². The van der Waals surface area contributed by atoms with Gasteiger partial charge in [0.2, 0.25) is 0 Å². The molecule has 1 amide bonds. The molecule has 6 nitrogen and oxygen atoms in total. The van der Waals surface area contributed by atoms with Crippen molar-refractivity contribution in [3.8, 4) is 0 Å². The zero-order valence-corrected chi connectivity index (χ0v) is 16.3. The summed E-state index contributed by atoms with van der Waals surface area (Å²) in [4.78, 5) is 13.7. The Bertz CT molecular complexity index is 663. The summed E-state index contributed by atoms with van der Waals surface area (Å²) in [6.45, 7) is 2.98. The first-order valence-corrected chi connectivity index (χ1v) is 9.26. The monoisotopic (exact) mass is 422 g/mol. The minimum atomic E-state index is -4.66. The van der Waals surface area contributed by atoms with E-state index in [1.165, 1.54) is 0 Å². The first-order valence-electron chi connectivity index (χ1n) is 9.26. The van der Waals surface area contributed by atoms with Gasteiger partial charge in [-0.25, -0.2) is 0 Å². The number of halogens is 4. The van der Waals surface area contributed by atoms with Gasteiger partial charge in [-0.05, 0) is 31.0 Å². The highest BCUT2D eigenvalue weighted by molar-refractivity contribution is 5.83. The third kappa shape index (κ3) is 6.83. The molecule has 0 aliphatic carbocycles. The van der Waals surface area contributed by atoms with Gasteiger partial charge in [0, 0.05) is 32.4 Å². The number of nitrogens with zero attached hydrogens (tertiary/aromatic N) is 1. The van der Waals surface area contributed by atoms with E-state index in [4.69, 9.17) is 14.6 Å². The Morgan fingerprint density at radius 2 is 1.97 bits per heavy atom. The molecule has 10 heteroatoms. The average Bonchev–Trinajstić information content (AvgIpc) is 3.48. The molecule has 1 saturated heterocycles. The van der Waals surface area contributed by atoms with E-state index < -0.39 is 23.9 Å². The molecule has 2 atom stereocenters. The van der Waals surface area contributed by atoms with Crippen molar-refractivity contribution in [1.29, 1.82) is 0 Å². The molecule has 0 spiro atoms. The van der Waals surface area contributed by atoms with Crippen molar-refractivity contribution in [2.24, 2.45) is 5.92 Å². The number of alkyl halides is 4. The van der Waals surface area contributed by atoms with Gasteiger partial charge in [-0.2, -0.15) is 17.6 Å². The third-order valence-corrected chi connectivity index (χ3v) is 4.76. The SMILES string of the molecule is COCCN(CC1CO1)c1ccc(CCNC(=O)C(F)(F)C(C)C(O)(F)F)cc1. The Labute approximate surface area is 166 Å². The fraction of sp³-hybridized carbons (Fsp3) is 0.632. The highest BCUT2D eigenvalue weighted by Gasteiger charge is 2.55. The standard InChI is InChI=1S/C19H26F4N2O4/c1-13(19(22,23)27)18(20,21)17(26)24-8-7-14-3-5-15(6-4-14)25(9-10-28-2)11-16-12-29-16/h3-6,13,16,27H,7-12H2,1-2H3,(H,24,26). The number of benzene rings is 1. The van der Waals surface area contributed by atoms with Crippen molar-refractivity contribution in [1.82, 2.24) is 5.32 Å². The van der Waals surface area contributed by atoms with Gasteiger partial charge in [-0.3, -0.25) is 4.79 Å². The smallest absolute Gasteiger partial charge is 0.362 e. The van der Waals surface area contributed by atoms with Crippen LogP contribution < -0.4 is 10.2 Å². The Morgan fingerprint density at radius 3 is 2.48 bits per heavy atom. The number of carbonyl (C=O) groups excluding carboxylic acids is 1. The van der Waals surface area contributed by atoms with E-state index in [9.17, 15) is 22.4 Å². The lowest BCUT2D eigenvalue weighted by Gasteiger charge is -2.26. The number of methoxy groups -OCH3 is 1. The summed E-state index contributed by atoms with van der Waals surface area (Å²) in [6, 6.07) is 7.35. The summed E-state index contributed by atoms with van der Waals surface area (Å²) in [6.07, 6.45) is -4.20. The van der Waals surface area contributed by atoms with E-state index in [0.29, 0.717) is 20.1 Å². The number of nitrogens with one attached hydrogen (secondary N) is 1. The quantitative estimate of drug-likeness (QED) is 0.399. The van der Waals surface area contributed by atoms with E-state index in [1.54, 1.807) is 19.2 Å². The zero-order valence-electron chi connectivity index (χ0n) is 16.3. The van der Waals surface area contributed by atoms with Crippen LogP contribution in [0.1, 0.15) is 12.5 Å². The number of anilines is 1. The average molecular weight is 422 g/mol. The number of hydrogen-bond donors (Lipinski definition) is 2. The maximum absolute atomic E-state index is 13.7. The summed E-state index contributed by atoms with van der Waals surface area (Å²) in [5, 5.41) is 10.4. The second kappa shape index (κ2) is 9.73. The minimum absolute atomic E-state index is 0.152. The first kappa shape index (κ1) is 23.4. The molecule has 1 heterocycles. The number of amides is 1. The highest BCUT2D eigenvalue weighted by atomic mass is 19.3. The molecule has 29 heavy (non-hydrogen) atoms. The molecule has 1 aliphatic rings. The number of carbonyl (C=O) groups is 1. The first-order chi connectivity index (χ1) is 13.6. The van der Waals surface area contributed by atoms with Crippen molar-refractivity contribution in [3.05, 3.63) is 29.8 Å². The van der Waals surface area contributed by atoms with Gasteiger partial charge in [-0.15, -0.1) is 0 Å². The van der Waals surface area contributed by atoms with Gasteiger partial charge in [-0.1, -0.05) is 12.1 Å². The second-order valence-electron chi connectivity index (χ2n) is 7.00. The van der Waals surface area contributed by atoms with Crippen LogP contribution in [0.4, 0.5) is 23.2 Å². The second-order valence-corrected chi connectivity index (χ2v) is 7.00. The molecule has 0 aromatic heterocycles. The minimum Gasteiger partial charge on any atom is -0.383 e. The topological polar surface area (TPSA) is 74.3 Å². The highest BCUT2D eigenvalue weighted by Crippen LogP contribution is 2.35. The maximum Gasteiger partial charge on any atom is 0.362 e. The zero-order chi connectivity index (χ0) is 21.7. The van der Waals surface area contributed by atoms with Gasteiger partial charge in [0.25, 0.3) is 5.91 Å². The van der Waals surface area contributed by atoms with Gasteiger partial charge in [0.15, 0.2) is 0 Å². The number of ether oxygens (including phenoxy) is 2. The van der Waals surface area contributed by atoms with Crippen LogP contribution in [0.2, 0.25) is 0 Å². The van der Waals surface area contributed by atoms with Gasteiger partial charge in [0.05, 0.1) is 19.3 Å². The van der Waals surface area contributed by atoms with E-state index >= 15 is 0 Å². The molecule has 2 unspecified atom stereocenters. The van der Waals surface area contributed by atoms with Gasteiger partial charge in [0.1, 0.15) is 5.92 Å². The number of hydrogen-bond acceptors (Lipinski definition) is 5. The van der Waals surface area contributed by atoms with Crippen molar-refractivity contribution in [3.63, 3.8) is 0 Å². The van der Waals surface area contributed by atoms with Crippen LogP contribution in [0.3, 0.4) is 0 Å². The summed E-state index contributed by atoms with van der Waals surface area (Å²) >= 11 is 0. The van der Waals surface area contributed by atoms with Crippen LogP contribution in [0.25, 0.3) is 0 Å². The summed E-state index contributed by atoms with van der Waals surface area (Å²) in [7, 11) is 1.62. The van der Waals surface area contributed by atoms with Crippen LogP contribution in [0.15, 0.2) is 24.3 Å². The molecule has 164 valence electrons. The number of rotatable bonds is 12. The predicted molar refractivity (Wildman–Crippen MR) is 98.3 cm³/mol. The van der Waals surface area contributed by atoms with E-state index in [1.807, 2.05) is 17.4 Å². The molecular weight excluding hydrogens is 396 g/mol. The summed E-state index contributed by atoms with van der Waals surface area (Å²) in [5.74, 6) is -9.07. The molecule has 0 radical (unpaired) electrons.